The molecular formula is C15H17F3N2O3S. The first-order valence-corrected chi connectivity index (χ1v) is 8.17. The third kappa shape index (κ3) is 3.45. The number of carbonyl (C=O) groups excluding carboxylic acids is 1. The van der Waals surface area contributed by atoms with Crippen LogP contribution in [0.25, 0.3) is 10.2 Å². The van der Waals surface area contributed by atoms with Gasteiger partial charge in [0.1, 0.15) is 4.83 Å². The maximum Gasteiger partial charge on any atom is 0.390 e. The number of aryl methyl sites for hydroxylation is 2. The minimum atomic E-state index is -4.43. The molecule has 0 saturated carbocycles. The van der Waals surface area contributed by atoms with E-state index in [0.717, 1.165) is 20.5 Å². The second-order valence-corrected chi connectivity index (χ2v) is 7.03. The second kappa shape index (κ2) is 6.54. The van der Waals surface area contributed by atoms with E-state index in [9.17, 15) is 27.6 Å². The fraction of sp³-hybridized carbons (Fsp3) is 0.533. The van der Waals surface area contributed by atoms with E-state index < -0.39 is 30.4 Å². The lowest BCUT2D eigenvalue weighted by molar-refractivity contribution is -0.136. The Balaban J connectivity index is 2.80. The van der Waals surface area contributed by atoms with Gasteiger partial charge in [-0.05, 0) is 18.4 Å². The largest absolute Gasteiger partial charge is 0.390 e. The van der Waals surface area contributed by atoms with Crippen molar-refractivity contribution >= 4 is 27.8 Å². The summed E-state index contributed by atoms with van der Waals surface area (Å²) in [6.07, 6.45) is -5.06. The number of fused-ring (bicyclic) bond motifs is 1. The second-order valence-electron chi connectivity index (χ2n) is 6.00. The van der Waals surface area contributed by atoms with Crippen LogP contribution in [0.5, 0.6) is 0 Å². The molecule has 0 bridgehead atoms. The highest BCUT2D eigenvalue weighted by Gasteiger charge is 2.28. The van der Waals surface area contributed by atoms with E-state index in [4.69, 9.17) is 0 Å². The third-order valence-corrected chi connectivity index (χ3v) is 4.84. The van der Waals surface area contributed by atoms with E-state index in [1.54, 1.807) is 20.8 Å². The maximum atomic E-state index is 12.6. The van der Waals surface area contributed by atoms with Gasteiger partial charge in [-0.25, -0.2) is 4.79 Å². The summed E-state index contributed by atoms with van der Waals surface area (Å²) in [6, 6.07) is 0. The molecule has 0 aliphatic heterocycles. The molecular weight excluding hydrogens is 345 g/mol. The molecule has 2 aromatic heterocycles. The van der Waals surface area contributed by atoms with Crippen molar-refractivity contribution in [1.82, 2.24) is 9.13 Å². The lowest BCUT2D eigenvalue weighted by Gasteiger charge is -2.14. The zero-order valence-corrected chi connectivity index (χ0v) is 14.3. The predicted octanol–water partition coefficient (Wildman–Crippen LogP) is 2.95. The van der Waals surface area contributed by atoms with E-state index >= 15 is 0 Å². The molecule has 0 unspecified atom stereocenters. The molecule has 0 atom stereocenters. The number of hydrogen-bond donors (Lipinski definition) is 0. The van der Waals surface area contributed by atoms with Crippen molar-refractivity contribution in [2.24, 2.45) is 5.92 Å². The molecule has 0 aliphatic carbocycles. The summed E-state index contributed by atoms with van der Waals surface area (Å²) < 4.78 is 39.6. The van der Waals surface area contributed by atoms with E-state index in [0.29, 0.717) is 11.8 Å². The first-order valence-electron chi connectivity index (χ1n) is 7.35. The normalized spacial score (nSPS) is 12.3. The number of thiophene rings is 1. The number of aromatic nitrogens is 2. The van der Waals surface area contributed by atoms with E-state index in [2.05, 4.69) is 0 Å². The average molecular weight is 362 g/mol. The van der Waals surface area contributed by atoms with Crippen molar-refractivity contribution in [2.45, 2.75) is 46.5 Å². The van der Waals surface area contributed by atoms with Gasteiger partial charge in [-0.15, -0.1) is 11.3 Å². The van der Waals surface area contributed by atoms with Crippen molar-refractivity contribution in [3.63, 3.8) is 0 Å². The van der Waals surface area contributed by atoms with Crippen LogP contribution in [0.3, 0.4) is 0 Å². The summed E-state index contributed by atoms with van der Waals surface area (Å²) in [4.78, 5) is 36.6. The number of rotatable bonds is 5. The highest BCUT2D eigenvalue weighted by atomic mass is 32.1. The molecule has 24 heavy (non-hydrogen) atoms. The number of nitrogens with zero attached hydrogens (tertiary/aromatic N) is 2. The quantitative estimate of drug-likeness (QED) is 0.769. The minimum absolute atomic E-state index is 0.0339. The molecule has 2 heterocycles. The zero-order chi connectivity index (χ0) is 18.2. The van der Waals surface area contributed by atoms with Gasteiger partial charge in [0.25, 0.3) is 5.56 Å². The molecule has 0 aliphatic rings. The van der Waals surface area contributed by atoms with E-state index in [-0.39, 0.29) is 27.6 Å². The molecule has 0 fully saturated rings. The molecule has 0 N–H and O–H groups in total. The number of halogens is 3. The van der Waals surface area contributed by atoms with Gasteiger partial charge in [0.05, 0.1) is 16.7 Å². The van der Waals surface area contributed by atoms with Crippen LogP contribution in [0.2, 0.25) is 0 Å². The van der Waals surface area contributed by atoms with Gasteiger partial charge in [0, 0.05) is 13.1 Å². The Bertz CT molecular complexity index is 890. The molecule has 0 amide bonds. The smallest absolute Gasteiger partial charge is 0.297 e. The molecule has 5 nitrogen and oxygen atoms in total. The van der Waals surface area contributed by atoms with Crippen LogP contribution < -0.4 is 11.2 Å². The van der Waals surface area contributed by atoms with Gasteiger partial charge in [0.2, 0.25) is 0 Å². The van der Waals surface area contributed by atoms with Crippen LogP contribution in [0.1, 0.15) is 35.5 Å². The lowest BCUT2D eigenvalue weighted by atomic mass is 10.2. The topological polar surface area (TPSA) is 61.1 Å². The maximum absolute atomic E-state index is 12.6. The summed E-state index contributed by atoms with van der Waals surface area (Å²) in [7, 11) is 0. The molecule has 0 saturated heterocycles. The van der Waals surface area contributed by atoms with Crippen LogP contribution in [-0.2, 0) is 13.1 Å². The van der Waals surface area contributed by atoms with Crippen molar-refractivity contribution in [3.8, 4) is 0 Å². The summed E-state index contributed by atoms with van der Waals surface area (Å²) in [6.45, 7) is 4.67. The lowest BCUT2D eigenvalue weighted by Crippen LogP contribution is -2.41. The fourth-order valence-electron chi connectivity index (χ4n) is 2.49. The SMILES string of the molecule is Cc1c(C=O)sc2c1c(=O)n(CC(C)C)c(=O)n2CCC(F)(F)F. The Morgan fingerprint density at radius 3 is 2.33 bits per heavy atom. The Morgan fingerprint density at radius 2 is 1.83 bits per heavy atom. The van der Waals surface area contributed by atoms with Crippen LogP contribution >= 0.6 is 11.3 Å². The van der Waals surface area contributed by atoms with Gasteiger partial charge in [0.15, 0.2) is 6.29 Å². The molecule has 2 rings (SSSR count). The standard InChI is InChI=1S/C15H17F3N2O3S/c1-8(2)6-20-12(22)11-9(3)10(7-21)24-13(11)19(14(20)23)5-4-15(16,17)18/h7-8H,4-6H2,1-3H3. The number of hydrogen-bond acceptors (Lipinski definition) is 4. The Morgan fingerprint density at radius 1 is 1.21 bits per heavy atom. The summed E-state index contributed by atoms with van der Waals surface area (Å²) >= 11 is 0.871. The molecule has 9 heteroatoms. The van der Waals surface area contributed by atoms with Crippen LogP contribution in [-0.4, -0.2) is 21.6 Å². The molecule has 0 radical (unpaired) electrons. The summed E-state index contributed by atoms with van der Waals surface area (Å²) in [5, 5.41) is 0.143. The minimum Gasteiger partial charge on any atom is -0.297 e. The predicted molar refractivity (Wildman–Crippen MR) is 86.0 cm³/mol. The van der Waals surface area contributed by atoms with Gasteiger partial charge in [-0.3, -0.25) is 18.7 Å². The Kier molecular flexibility index (Phi) is 5.03. The van der Waals surface area contributed by atoms with Gasteiger partial charge in [-0.2, -0.15) is 13.2 Å². The summed E-state index contributed by atoms with van der Waals surface area (Å²) in [5.74, 6) is -0.0339. The molecule has 0 aromatic carbocycles. The monoisotopic (exact) mass is 362 g/mol. The molecule has 2 aromatic rings. The van der Waals surface area contributed by atoms with Gasteiger partial charge in [-0.1, -0.05) is 13.8 Å². The number of aldehydes is 1. The summed E-state index contributed by atoms with van der Waals surface area (Å²) in [5.41, 5.74) is -0.939. The van der Waals surface area contributed by atoms with E-state index in [1.165, 1.54) is 0 Å². The zero-order valence-electron chi connectivity index (χ0n) is 13.4. The van der Waals surface area contributed by atoms with Crippen molar-refractivity contribution in [3.05, 3.63) is 31.3 Å². The molecule has 132 valence electrons. The van der Waals surface area contributed by atoms with E-state index in [1.807, 2.05) is 0 Å². The average Bonchev–Trinajstić information content (AvgIpc) is 2.79. The first kappa shape index (κ1) is 18.4. The fourth-order valence-corrected chi connectivity index (χ4v) is 3.62. The number of carbonyl (C=O) groups is 1. The van der Waals surface area contributed by atoms with Crippen LogP contribution in [0.15, 0.2) is 9.59 Å². The van der Waals surface area contributed by atoms with Crippen LogP contribution in [0, 0.1) is 12.8 Å². The highest BCUT2D eigenvalue weighted by molar-refractivity contribution is 7.20. The number of alkyl halides is 3. The van der Waals surface area contributed by atoms with Crippen LogP contribution in [0.4, 0.5) is 13.2 Å². The first-order chi connectivity index (χ1) is 11.1. The molecule has 0 spiro atoms. The van der Waals surface area contributed by atoms with Gasteiger partial charge >= 0.3 is 11.9 Å². The van der Waals surface area contributed by atoms with Gasteiger partial charge < -0.3 is 0 Å². The Labute approximate surface area is 139 Å². The van der Waals surface area contributed by atoms with Crippen molar-refractivity contribution in [2.75, 3.05) is 0 Å². The highest BCUT2D eigenvalue weighted by Crippen LogP contribution is 2.28. The van der Waals surface area contributed by atoms with Crippen molar-refractivity contribution < 1.29 is 18.0 Å². The Hall–Kier alpha value is -1.90. The van der Waals surface area contributed by atoms with Crippen molar-refractivity contribution in [1.29, 1.82) is 0 Å². The third-order valence-electron chi connectivity index (χ3n) is 3.60.